The summed E-state index contributed by atoms with van der Waals surface area (Å²) in [5, 5.41) is 0. The van der Waals surface area contributed by atoms with Gasteiger partial charge in [0.05, 0.1) is 5.56 Å². The van der Waals surface area contributed by atoms with Crippen LogP contribution in [0.5, 0.6) is 11.5 Å². The van der Waals surface area contributed by atoms with E-state index < -0.39 is 5.97 Å². The smallest absolute Gasteiger partial charge is 0.343 e. The summed E-state index contributed by atoms with van der Waals surface area (Å²) in [6.07, 6.45) is 8.56. The van der Waals surface area contributed by atoms with Gasteiger partial charge in [-0.15, -0.1) is 0 Å². The molecule has 0 amide bonds. The maximum Gasteiger partial charge on any atom is 0.343 e. The molecule has 4 nitrogen and oxygen atoms in total. The molecule has 0 heterocycles. The first-order valence-corrected chi connectivity index (χ1v) is 9.77. The molecule has 0 aliphatic rings. The van der Waals surface area contributed by atoms with Gasteiger partial charge in [-0.25, -0.2) is 4.79 Å². The Balaban J connectivity index is 1.70. The molecule has 2 rings (SSSR count). The highest BCUT2D eigenvalue weighted by molar-refractivity contribution is 5.91. The van der Waals surface area contributed by atoms with Crippen molar-refractivity contribution in [2.45, 2.75) is 58.3 Å². The molecule has 0 unspecified atom stereocenters. The number of esters is 2. The number of ether oxygens (including phenoxy) is 2. The minimum Gasteiger partial charge on any atom is -0.427 e. The highest BCUT2D eigenvalue weighted by atomic mass is 16.5. The van der Waals surface area contributed by atoms with Gasteiger partial charge in [0.2, 0.25) is 0 Å². The van der Waals surface area contributed by atoms with Crippen molar-refractivity contribution in [2.75, 3.05) is 0 Å². The molecule has 27 heavy (non-hydrogen) atoms. The van der Waals surface area contributed by atoms with Gasteiger partial charge in [0.25, 0.3) is 0 Å². The van der Waals surface area contributed by atoms with Crippen LogP contribution in [0.15, 0.2) is 54.6 Å². The summed E-state index contributed by atoms with van der Waals surface area (Å²) in [6, 6.07) is 15.3. The van der Waals surface area contributed by atoms with Gasteiger partial charge in [0.1, 0.15) is 11.5 Å². The lowest BCUT2D eigenvalue weighted by molar-refractivity contribution is -0.134. The largest absolute Gasteiger partial charge is 0.427 e. The standard InChI is InChI=1S/C23H28O4/c1-2-3-4-5-6-7-11-14-22(24)26-21-17-15-19(16-18-21)23(25)27-20-12-9-8-10-13-20/h8-10,12-13,15-18H,2-7,11,14H2,1H3. The highest BCUT2D eigenvalue weighted by Gasteiger charge is 2.10. The zero-order valence-electron chi connectivity index (χ0n) is 16.0. The Kier molecular flexibility index (Phi) is 9.11. The SMILES string of the molecule is CCCCCCCCCC(=O)Oc1ccc(C(=O)Oc2ccccc2)cc1. The van der Waals surface area contributed by atoms with Crippen LogP contribution in [0.2, 0.25) is 0 Å². The molecule has 144 valence electrons. The second-order valence-corrected chi connectivity index (χ2v) is 6.57. The number of rotatable bonds is 11. The molecule has 2 aromatic carbocycles. The Labute approximate surface area is 161 Å². The summed E-state index contributed by atoms with van der Waals surface area (Å²) in [5.41, 5.74) is 0.408. The summed E-state index contributed by atoms with van der Waals surface area (Å²) < 4.78 is 10.6. The number of benzene rings is 2. The van der Waals surface area contributed by atoms with E-state index in [9.17, 15) is 9.59 Å². The average molecular weight is 368 g/mol. The summed E-state index contributed by atoms with van der Waals surface area (Å²) in [7, 11) is 0. The molecule has 2 aromatic rings. The van der Waals surface area contributed by atoms with Gasteiger partial charge in [-0.1, -0.05) is 63.6 Å². The van der Waals surface area contributed by atoms with Gasteiger partial charge in [0, 0.05) is 6.42 Å². The molecule has 4 heteroatoms. The fourth-order valence-electron chi connectivity index (χ4n) is 2.72. The zero-order valence-corrected chi connectivity index (χ0v) is 16.0. The lowest BCUT2D eigenvalue weighted by Crippen LogP contribution is -2.10. The molecule has 0 radical (unpaired) electrons. The summed E-state index contributed by atoms with van der Waals surface area (Å²) >= 11 is 0. The second-order valence-electron chi connectivity index (χ2n) is 6.57. The lowest BCUT2D eigenvalue weighted by atomic mass is 10.1. The average Bonchev–Trinajstić information content (AvgIpc) is 2.68. The Morgan fingerprint density at radius 3 is 1.96 bits per heavy atom. The van der Waals surface area contributed by atoms with Gasteiger partial charge in [-0.2, -0.15) is 0 Å². The minimum absolute atomic E-state index is 0.233. The molecular formula is C23H28O4. The van der Waals surface area contributed by atoms with Crippen molar-refractivity contribution in [3.63, 3.8) is 0 Å². The van der Waals surface area contributed by atoms with E-state index >= 15 is 0 Å². The maximum atomic E-state index is 12.1. The van der Waals surface area contributed by atoms with E-state index in [2.05, 4.69) is 6.92 Å². The fourth-order valence-corrected chi connectivity index (χ4v) is 2.72. The van der Waals surface area contributed by atoms with Crippen LogP contribution in [0, 0.1) is 0 Å². The van der Waals surface area contributed by atoms with Crippen molar-refractivity contribution in [3.8, 4) is 11.5 Å². The molecule has 0 aromatic heterocycles. The Morgan fingerprint density at radius 2 is 1.30 bits per heavy atom. The van der Waals surface area contributed by atoms with Crippen LogP contribution in [-0.4, -0.2) is 11.9 Å². The Hall–Kier alpha value is -2.62. The number of unbranched alkanes of at least 4 members (excludes halogenated alkanes) is 6. The Morgan fingerprint density at radius 1 is 0.704 bits per heavy atom. The van der Waals surface area contributed by atoms with E-state index in [-0.39, 0.29) is 5.97 Å². The van der Waals surface area contributed by atoms with Crippen LogP contribution >= 0.6 is 0 Å². The normalized spacial score (nSPS) is 10.4. The van der Waals surface area contributed by atoms with E-state index in [1.165, 1.54) is 32.1 Å². The van der Waals surface area contributed by atoms with E-state index in [1.54, 1.807) is 48.5 Å². The number of hydrogen-bond acceptors (Lipinski definition) is 4. The van der Waals surface area contributed by atoms with Gasteiger partial charge in [-0.3, -0.25) is 4.79 Å². The molecule has 0 N–H and O–H groups in total. The topological polar surface area (TPSA) is 52.6 Å². The predicted molar refractivity (Wildman–Crippen MR) is 106 cm³/mol. The van der Waals surface area contributed by atoms with Gasteiger partial charge >= 0.3 is 11.9 Å². The number of carbonyl (C=O) groups is 2. The quantitative estimate of drug-likeness (QED) is 0.279. The first-order chi connectivity index (χ1) is 13.2. The second kappa shape index (κ2) is 11.9. The monoisotopic (exact) mass is 368 g/mol. The lowest BCUT2D eigenvalue weighted by Gasteiger charge is -2.06. The number of hydrogen-bond donors (Lipinski definition) is 0. The maximum absolute atomic E-state index is 12.1. The minimum atomic E-state index is -0.442. The fraction of sp³-hybridized carbons (Fsp3) is 0.391. The first kappa shape index (κ1) is 20.7. The molecule has 0 fully saturated rings. The van der Waals surface area contributed by atoms with Crippen molar-refractivity contribution >= 4 is 11.9 Å². The first-order valence-electron chi connectivity index (χ1n) is 9.77. The molecule has 0 bridgehead atoms. The van der Waals surface area contributed by atoms with E-state index in [4.69, 9.17) is 9.47 Å². The van der Waals surface area contributed by atoms with Crippen molar-refractivity contribution < 1.29 is 19.1 Å². The van der Waals surface area contributed by atoms with Crippen LogP contribution in [0.1, 0.15) is 68.6 Å². The van der Waals surface area contributed by atoms with E-state index in [1.807, 2.05) is 6.07 Å². The van der Waals surface area contributed by atoms with Crippen LogP contribution in [0.4, 0.5) is 0 Å². The molecule has 0 aliphatic carbocycles. The third kappa shape index (κ3) is 8.07. The van der Waals surface area contributed by atoms with E-state index in [0.717, 1.165) is 12.8 Å². The van der Waals surface area contributed by atoms with Crippen LogP contribution < -0.4 is 9.47 Å². The van der Waals surface area contributed by atoms with Crippen molar-refractivity contribution in [2.24, 2.45) is 0 Å². The summed E-state index contributed by atoms with van der Waals surface area (Å²) in [5.74, 6) is 0.261. The number of para-hydroxylation sites is 1. The van der Waals surface area contributed by atoms with Crippen LogP contribution in [0.25, 0.3) is 0 Å². The van der Waals surface area contributed by atoms with E-state index in [0.29, 0.717) is 23.5 Å². The molecule has 0 spiro atoms. The van der Waals surface area contributed by atoms with Gasteiger partial charge in [0.15, 0.2) is 0 Å². The van der Waals surface area contributed by atoms with Crippen molar-refractivity contribution in [1.29, 1.82) is 0 Å². The summed E-state index contributed by atoms with van der Waals surface area (Å²) in [6.45, 7) is 2.20. The Bertz CT molecular complexity index is 692. The third-order valence-corrected chi connectivity index (χ3v) is 4.26. The molecule has 0 atom stereocenters. The van der Waals surface area contributed by atoms with Crippen LogP contribution in [-0.2, 0) is 4.79 Å². The van der Waals surface area contributed by atoms with Crippen molar-refractivity contribution in [3.05, 3.63) is 60.2 Å². The van der Waals surface area contributed by atoms with Crippen molar-refractivity contribution in [1.82, 2.24) is 0 Å². The summed E-state index contributed by atoms with van der Waals surface area (Å²) in [4.78, 5) is 24.0. The van der Waals surface area contributed by atoms with Gasteiger partial charge in [-0.05, 0) is 42.8 Å². The highest BCUT2D eigenvalue weighted by Crippen LogP contribution is 2.17. The molecule has 0 saturated carbocycles. The molecule has 0 saturated heterocycles. The van der Waals surface area contributed by atoms with Gasteiger partial charge < -0.3 is 9.47 Å². The number of carbonyl (C=O) groups excluding carboxylic acids is 2. The zero-order chi connectivity index (χ0) is 19.3. The molecular weight excluding hydrogens is 340 g/mol. The predicted octanol–water partition coefficient (Wildman–Crippen LogP) is 5.95. The molecule has 0 aliphatic heterocycles. The third-order valence-electron chi connectivity index (χ3n) is 4.26. The van der Waals surface area contributed by atoms with Crippen LogP contribution in [0.3, 0.4) is 0 Å².